The number of hydrogen-bond donors (Lipinski definition) is 1. The van der Waals surface area contributed by atoms with E-state index in [4.69, 9.17) is 10.7 Å². The zero-order valence-corrected chi connectivity index (χ0v) is 12.5. The van der Waals surface area contributed by atoms with Gasteiger partial charge in [-0.05, 0) is 24.3 Å². The number of nitrogens with one attached hydrogen (secondary N) is 1. The minimum Gasteiger partial charge on any atom is -0.351 e. The van der Waals surface area contributed by atoms with Crippen LogP contribution in [0.4, 0.5) is 0 Å². The van der Waals surface area contributed by atoms with E-state index in [0.717, 1.165) is 11.5 Å². The SMILES string of the molecule is C=CCSCCNC(=O)c1ccc(S(=O)(=O)Cl)cc1. The number of carbonyl (C=O) groups is 1. The summed E-state index contributed by atoms with van der Waals surface area (Å²) >= 11 is 1.67. The standard InChI is InChI=1S/C12H14ClNO3S2/c1-2-8-18-9-7-14-12(15)10-3-5-11(6-4-10)19(13,16)17/h2-6H,1,7-9H2,(H,14,15). The minimum atomic E-state index is -3.74. The molecule has 0 aliphatic heterocycles. The lowest BCUT2D eigenvalue weighted by Gasteiger charge is -2.05. The van der Waals surface area contributed by atoms with Crippen molar-refractivity contribution in [1.29, 1.82) is 0 Å². The first-order chi connectivity index (χ1) is 8.95. The van der Waals surface area contributed by atoms with Crippen LogP contribution in [0.1, 0.15) is 10.4 Å². The molecule has 0 aliphatic rings. The van der Waals surface area contributed by atoms with Gasteiger partial charge in [0.25, 0.3) is 15.0 Å². The molecule has 0 bridgehead atoms. The average molecular weight is 320 g/mol. The molecule has 0 aliphatic carbocycles. The fraction of sp³-hybridized carbons (Fsp3) is 0.250. The van der Waals surface area contributed by atoms with E-state index in [1.807, 2.05) is 0 Å². The molecule has 104 valence electrons. The first kappa shape index (κ1) is 16.1. The summed E-state index contributed by atoms with van der Waals surface area (Å²) in [5.74, 6) is 1.40. The Bertz CT molecular complexity index is 541. The Balaban J connectivity index is 2.52. The molecule has 1 amide bonds. The normalized spacial score (nSPS) is 11.0. The number of benzene rings is 1. The van der Waals surface area contributed by atoms with Crippen molar-refractivity contribution in [2.75, 3.05) is 18.1 Å². The Morgan fingerprint density at radius 2 is 2.00 bits per heavy atom. The zero-order chi connectivity index (χ0) is 14.3. The van der Waals surface area contributed by atoms with Crippen LogP contribution < -0.4 is 5.32 Å². The van der Waals surface area contributed by atoms with E-state index in [1.165, 1.54) is 24.3 Å². The predicted octanol–water partition coefficient (Wildman–Crippen LogP) is 2.26. The van der Waals surface area contributed by atoms with Crippen molar-refractivity contribution < 1.29 is 13.2 Å². The summed E-state index contributed by atoms with van der Waals surface area (Å²) in [6, 6.07) is 5.48. The van der Waals surface area contributed by atoms with Gasteiger partial charge in [-0.25, -0.2) is 8.42 Å². The molecule has 1 rings (SSSR count). The van der Waals surface area contributed by atoms with Gasteiger partial charge in [-0.1, -0.05) is 6.08 Å². The van der Waals surface area contributed by atoms with E-state index in [-0.39, 0.29) is 10.8 Å². The quantitative estimate of drug-likeness (QED) is 0.476. The lowest BCUT2D eigenvalue weighted by molar-refractivity contribution is 0.0956. The maximum atomic E-state index is 11.7. The van der Waals surface area contributed by atoms with Crippen molar-refractivity contribution in [2.24, 2.45) is 0 Å². The van der Waals surface area contributed by atoms with Gasteiger partial charge in [-0.3, -0.25) is 4.79 Å². The minimum absolute atomic E-state index is 0.0211. The van der Waals surface area contributed by atoms with Crippen LogP contribution >= 0.6 is 22.4 Å². The highest BCUT2D eigenvalue weighted by molar-refractivity contribution is 8.13. The Labute approximate surface area is 121 Å². The van der Waals surface area contributed by atoms with Crippen molar-refractivity contribution in [3.63, 3.8) is 0 Å². The van der Waals surface area contributed by atoms with E-state index in [9.17, 15) is 13.2 Å². The van der Waals surface area contributed by atoms with E-state index in [1.54, 1.807) is 17.8 Å². The molecule has 4 nitrogen and oxygen atoms in total. The van der Waals surface area contributed by atoms with E-state index < -0.39 is 9.05 Å². The van der Waals surface area contributed by atoms with Crippen molar-refractivity contribution in [2.45, 2.75) is 4.90 Å². The molecule has 0 atom stereocenters. The summed E-state index contributed by atoms with van der Waals surface area (Å²) in [4.78, 5) is 11.7. The van der Waals surface area contributed by atoms with Crippen LogP contribution in [0.2, 0.25) is 0 Å². The van der Waals surface area contributed by atoms with Gasteiger partial charge >= 0.3 is 0 Å². The van der Waals surface area contributed by atoms with E-state index in [2.05, 4.69) is 11.9 Å². The summed E-state index contributed by atoms with van der Waals surface area (Å²) < 4.78 is 22.1. The summed E-state index contributed by atoms with van der Waals surface area (Å²) in [6.07, 6.45) is 1.80. The zero-order valence-electron chi connectivity index (χ0n) is 10.1. The number of rotatable bonds is 7. The van der Waals surface area contributed by atoms with Crippen molar-refractivity contribution in [1.82, 2.24) is 5.32 Å². The highest BCUT2D eigenvalue weighted by Crippen LogP contribution is 2.15. The molecule has 0 spiro atoms. The number of amides is 1. The molecule has 0 saturated carbocycles. The van der Waals surface area contributed by atoms with Crippen LogP contribution in [0, 0.1) is 0 Å². The third kappa shape index (κ3) is 5.67. The molecule has 1 aromatic rings. The molecule has 1 N–H and O–H groups in total. The molecule has 0 heterocycles. The highest BCUT2D eigenvalue weighted by atomic mass is 35.7. The van der Waals surface area contributed by atoms with Crippen LogP contribution in [0.3, 0.4) is 0 Å². The molecule has 7 heteroatoms. The predicted molar refractivity (Wildman–Crippen MR) is 79.3 cm³/mol. The number of halogens is 1. The van der Waals surface area contributed by atoms with Gasteiger partial charge in [0, 0.05) is 34.3 Å². The number of hydrogen-bond acceptors (Lipinski definition) is 4. The van der Waals surface area contributed by atoms with Crippen LogP contribution in [0.15, 0.2) is 41.8 Å². The van der Waals surface area contributed by atoms with Crippen molar-refractivity contribution in [3.8, 4) is 0 Å². The first-order valence-electron chi connectivity index (χ1n) is 5.46. The Hall–Kier alpha value is -0.980. The second kappa shape index (κ2) is 7.57. The van der Waals surface area contributed by atoms with E-state index >= 15 is 0 Å². The largest absolute Gasteiger partial charge is 0.351 e. The molecular weight excluding hydrogens is 306 g/mol. The van der Waals surface area contributed by atoms with Gasteiger partial charge in [-0.2, -0.15) is 11.8 Å². The lowest BCUT2D eigenvalue weighted by atomic mass is 10.2. The molecule has 0 unspecified atom stereocenters. The number of thioether (sulfide) groups is 1. The third-order valence-corrected chi connectivity index (χ3v) is 4.50. The Morgan fingerprint density at radius 1 is 1.37 bits per heavy atom. The first-order valence-corrected chi connectivity index (χ1v) is 8.93. The molecular formula is C12H14ClNO3S2. The molecule has 0 aromatic heterocycles. The summed E-state index contributed by atoms with van der Waals surface area (Å²) in [7, 11) is 1.44. The topological polar surface area (TPSA) is 63.2 Å². The highest BCUT2D eigenvalue weighted by Gasteiger charge is 2.11. The van der Waals surface area contributed by atoms with Crippen LogP contribution in [-0.2, 0) is 9.05 Å². The van der Waals surface area contributed by atoms with Gasteiger partial charge < -0.3 is 5.32 Å². The van der Waals surface area contributed by atoms with Gasteiger partial charge in [0.05, 0.1) is 4.90 Å². The summed E-state index contributed by atoms with van der Waals surface area (Å²) in [5, 5.41) is 2.74. The maximum Gasteiger partial charge on any atom is 0.261 e. The van der Waals surface area contributed by atoms with Crippen LogP contribution in [-0.4, -0.2) is 32.4 Å². The monoisotopic (exact) mass is 319 g/mol. The molecule has 0 saturated heterocycles. The van der Waals surface area contributed by atoms with Gasteiger partial charge in [-0.15, -0.1) is 6.58 Å². The number of carbonyl (C=O) groups excluding carboxylic acids is 1. The second-order valence-corrected chi connectivity index (χ2v) is 7.30. The maximum absolute atomic E-state index is 11.7. The smallest absolute Gasteiger partial charge is 0.261 e. The summed E-state index contributed by atoms with van der Waals surface area (Å²) in [6.45, 7) is 4.15. The molecule has 1 aromatic carbocycles. The average Bonchev–Trinajstić information content (AvgIpc) is 2.37. The Morgan fingerprint density at radius 3 is 2.53 bits per heavy atom. The molecule has 0 radical (unpaired) electrons. The van der Waals surface area contributed by atoms with Crippen molar-refractivity contribution >= 4 is 37.4 Å². The lowest BCUT2D eigenvalue weighted by Crippen LogP contribution is -2.25. The summed E-state index contributed by atoms with van der Waals surface area (Å²) in [5.41, 5.74) is 0.401. The van der Waals surface area contributed by atoms with Crippen LogP contribution in [0.25, 0.3) is 0 Å². The Kier molecular flexibility index (Phi) is 6.41. The van der Waals surface area contributed by atoms with Crippen LogP contribution in [0.5, 0.6) is 0 Å². The van der Waals surface area contributed by atoms with Crippen molar-refractivity contribution in [3.05, 3.63) is 42.5 Å². The fourth-order valence-electron chi connectivity index (χ4n) is 1.27. The molecule has 0 fully saturated rings. The second-order valence-electron chi connectivity index (χ2n) is 3.58. The van der Waals surface area contributed by atoms with Gasteiger partial charge in [0.1, 0.15) is 0 Å². The van der Waals surface area contributed by atoms with E-state index in [0.29, 0.717) is 12.1 Å². The van der Waals surface area contributed by atoms with Gasteiger partial charge in [0.15, 0.2) is 0 Å². The van der Waals surface area contributed by atoms with Gasteiger partial charge in [0.2, 0.25) is 0 Å². The molecule has 19 heavy (non-hydrogen) atoms. The fourth-order valence-corrected chi connectivity index (χ4v) is 2.62. The third-order valence-electron chi connectivity index (χ3n) is 2.17.